The molecule has 0 saturated carbocycles. The van der Waals surface area contributed by atoms with Gasteiger partial charge in [0.05, 0.1) is 12.0 Å². The van der Waals surface area contributed by atoms with Crippen molar-refractivity contribution in [3.8, 4) is 0 Å². The van der Waals surface area contributed by atoms with E-state index >= 15 is 0 Å². The lowest BCUT2D eigenvalue weighted by molar-refractivity contribution is -0.155. The summed E-state index contributed by atoms with van der Waals surface area (Å²) in [4.78, 5) is 11.1. The first kappa shape index (κ1) is 10.5. The van der Waals surface area contributed by atoms with Gasteiger partial charge in [0.2, 0.25) is 0 Å². The fraction of sp³-hybridized carbons (Fsp3) is 0.900. The van der Waals surface area contributed by atoms with Gasteiger partial charge in [-0.05, 0) is 32.1 Å². The van der Waals surface area contributed by atoms with Crippen molar-refractivity contribution in [1.82, 2.24) is 0 Å². The molecule has 3 heteroatoms. The molecule has 0 aromatic heterocycles. The van der Waals surface area contributed by atoms with Crippen molar-refractivity contribution in [1.29, 1.82) is 0 Å². The SMILES string of the molecule is CCC(C)(C(=O)O)C1CCCOC1. The Hall–Kier alpha value is -0.570. The van der Waals surface area contributed by atoms with Crippen LogP contribution in [0.15, 0.2) is 0 Å². The Morgan fingerprint density at radius 3 is 2.77 bits per heavy atom. The van der Waals surface area contributed by atoms with Crippen molar-refractivity contribution in [3.05, 3.63) is 0 Å². The molecule has 0 radical (unpaired) electrons. The van der Waals surface area contributed by atoms with Gasteiger partial charge in [0.15, 0.2) is 0 Å². The van der Waals surface area contributed by atoms with Gasteiger partial charge in [-0.3, -0.25) is 4.79 Å². The van der Waals surface area contributed by atoms with E-state index in [2.05, 4.69) is 0 Å². The molecule has 1 fully saturated rings. The zero-order chi connectivity index (χ0) is 9.90. The normalized spacial score (nSPS) is 28.0. The number of rotatable bonds is 3. The standard InChI is InChI=1S/C10H18O3/c1-3-10(2,9(11)12)8-5-4-6-13-7-8/h8H,3-7H2,1-2H3,(H,11,12). The first-order valence-electron chi connectivity index (χ1n) is 4.92. The van der Waals surface area contributed by atoms with Crippen LogP contribution in [0.3, 0.4) is 0 Å². The summed E-state index contributed by atoms with van der Waals surface area (Å²) >= 11 is 0. The lowest BCUT2D eigenvalue weighted by atomic mass is 9.72. The molecule has 13 heavy (non-hydrogen) atoms. The molecule has 2 atom stereocenters. The Balaban J connectivity index is 2.68. The monoisotopic (exact) mass is 186 g/mol. The smallest absolute Gasteiger partial charge is 0.309 e. The largest absolute Gasteiger partial charge is 0.481 e. The highest BCUT2D eigenvalue weighted by molar-refractivity contribution is 5.74. The van der Waals surface area contributed by atoms with Gasteiger partial charge in [-0.15, -0.1) is 0 Å². The Bertz CT molecular complexity index is 185. The molecule has 3 nitrogen and oxygen atoms in total. The van der Waals surface area contributed by atoms with Crippen LogP contribution >= 0.6 is 0 Å². The summed E-state index contributed by atoms with van der Waals surface area (Å²) in [6.07, 6.45) is 2.65. The number of hydrogen-bond acceptors (Lipinski definition) is 2. The number of hydrogen-bond donors (Lipinski definition) is 1. The fourth-order valence-corrected chi connectivity index (χ4v) is 1.86. The molecule has 0 amide bonds. The number of ether oxygens (including phenoxy) is 1. The van der Waals surface area contributed by atoms with Crippen molar-refractivity contribution in [2.45, 2.75) is 33.1 Å². The predicted molar refractivity (Wildman–Crippen MR) is 49.6 cm³/mol. The highest BCUT2D eigenvalue weighted by atomic mass is 16.5. The first-order chi connectivity index (χ1) is 6.11. The second-order valence-corrected chi connectivity index (χ2v) is 3.99. The topological polar surface area (TPSA) is 46.5 Å². The third-order valence-corrected chi connectivity index (χ3v) is 3.28. The predicted octanol–water partition coefficient (Wildman–Crippen LogP) is 1.91. The van der Waals surface area contributed by atoms with E-state index in [1.54, 1.807) is 0 Å². The molecule has 1 heterocycles. The molecule has 1 rings (SSSR count). The van der Waals surface area contributed by atoms with E-state index in [1.807, 2.05) is 13.8 Å². The molecule has 76 valence electrons. The van der Waals surface area contributed by atoms with Crippen molar-refractivity contribution >= 4 is 5.97 Å². The molecular formula is C10H18O3. The van der Waals surface area contributed by atoms with Crippen LogP contribution in [0, 0.1) is 11.3 Å². The van der Waals surface area contributed by atoms with Gasteiger partial charge in [-0.25, -0.2) is 0 Å². The lowest BCUT2D eigenvalue weighted by Crippen LogP contribution is -2.39. The quantitative estimate of drug-likeness (QED) is 0.732. The first-order valence-corrected chi connectivity index (χ1v) is 4.92. The minimum atomic E-state index is -0.689. The minimum absolute atomic E-state index is 0.184. The van der Waals surface area contributed by atoms with Crippen molar-refractivity contribution in [2.75, 3.05) is 13.2 Å². The van der Waals surface area contributed by atoms with E-state index in [0.29, 0.717) is 13.0 Å². The Morgan fingerprint density at radius 1 is 1.69 bits per heavy atom. The summed E-state index contributed by atoms with van der Waals surface area (Å²) in [6.45, 7) is 5.16. The van der Waals surface area contributed by atoms with Gasteiger partial charge in [-0.1, -0.05) is 6.92 Å². The van der Waals surface area contributed by atoms with Gasteiger partial charge < -0.3 is 9.84 Å². The molecule has 1 aliphatic heterocycles. The molecule has 0 aromatic rings. The van der Waals surface area contributed by atoms with E-state index in [4.69, 9.17) is 9.84 Å². The average Bonchev–Trinajstić information content (AvgIpc) is 2.17. The third-order valence-electron chi connectivity index (χ3n) is 3.28. The van der Waals surface area contributed by atoms with Crippen LogP contribution in [-0.2, 0) is 9.53 Å². The summed E-state index contributed by atoms with van der Waals surface area (Å²) in [5.74, 6) is -0.505. The highest BCUT2D eigenvalue weighted by Crippen LogP contribution is 2.36. The average molecular weight is 186 g/mol. The summed E-state index contributed by atoms with van der Waals surface area (Å²) in [5.41, 5.74) is -0.597. The van der Waals surface area contributed by atoms with E-state index in [9.17, 15) is 4.79 Å². The molecule has 1 aliphatic rings. The molecule has 0 spiro atoms. The second-order valence-electron chi connectivity index (χ2n) is 3.99. The molecule has 0 aliphatic carbocycles. The molecule has 0 bridgehead atoms. The molecular weight excluding hydrogens is 168 g/mol. The zero-order valence-electron chi connectivity index (χ0n) is 8.38. The maximum atomic E-state index is 11.1. The van der Waals surface area contributed by atoms with Crippen LogP contribution in [0.25, 0.3) is 0 Å². The van der Waals surface area contributed by atoms with Crippen LogP contribution in [0.5, 0.6) is 0 Å². The van der Waals surface area contributed by atoms with Crippen LogP contribution in [-0.4, -0.2) is 24.3 Å². The number of carboxylic acids is 1. The molecule has 1 saturated heterocycles. The Kier molecular flexibility index (Phi) is 3.31. The minimum Gasteiger partial charge on any atom is -0.481 e. The lowest BCUT2D eigenvalue weighted by Gasteiger charge is -2.35. The van der Waals surface area contributed by atoms with Crippen LogP contribution in [0.4, 0.5) is 0 Å². The maximum absolute atomic E-state index is 11.1. The number of carbonyl (C=O) groups is 1. The summed E-state index contributed by atoms with van der Waals surface area (Å²) < 4.78 is 5.32. The summed E-state index contributed by atoms with van der Waals surface area (Å²) in [7, 11) is 0. The van der Waals surface area contributed by atoms with Crippen LogP contribution in [0.2, 0.25) is 0 Å². The summed E-state index contributed by atoms with van der Waals surface area (Å²) in [5, 5.41) is 9.13. The Morgan fingerprint density at radius 2 is 2.38 bits per heavy atom. The molecule has 0 aromatic carbocycles. The zero-order valence-corrected chi connectivity index (χ0v) is 8.38. The van der Waals surface area contributed by atoms with Crippen molar-refractivity contribution in [3.63, 3.8) is 0 Å². The van der Waals surface area contributed by atoms with Crippen molar-refractivity contribution < 1.29 is 14.6 Å². The summed E-state index contributed by atoms with van der Waals surface area (Å²) in [6, 6.07) is 0. The van der Waals surface area contributed by atoms with Crippen LogP contribution in [0.1, 0.15) is 33.1 Å². The van der Waals surface area contributed by atoms with Gasteiger partial charge >= 0.3 is 5.97 Å². The van der Waals surface area contributed by atoms with Gasteiger partial charge in [0.25, 0.3) is 0 Å². The van der Waals surface area contributed by atoms with E-state index in [0.717, 1.165) is 19.4 Å². The number of carboxylic acid groups (broad SMARTS) is 1. The van der Waals surface area contributed by atoms with E-state index in [-0.39, 0.29) is 5.92 Å². The molecule has 2 unspecified atom stereocenters. The second kappa shape index (κ2) is 4.09. The third kappa shape index (κ3) is 2.02. The molecule has 1 N–H and O–H groups in total. The maximum Gasteiger partial charge on any atom is 0.309 e. The highest BCUT2D eigenvalue weighted by Gasteiger charge is 2.40. The van der Waals surface area contributed by atoms with Crippen LogP contribution < -0.4 is 0 Å². The fourth-order valence-electron chi connectivity index (χ4n) is 1.86. The number of aliphatic carboxylic acids is 1. The Labute approximate surface area is 79.1 Å². The van der Waals surface area contributed by atoms with E-state index < -0.39 is 11.4 Å². The van der Waals surface area contributed by atoms with Crippen molar-refractivity contribution in [2.24, 2.45) is 11.3 Å². The van der Waals surface area contributed by atoms with Gasteiger partial charge in [0, 0.05) is 6.61 Å². The van der Waals surface area contributed by atoms with Gasteiger partial charge in [-0.2, -0.15) is 0 Å². The van der Waals surface area contributed by atoms with E-state index in [1.165, 1.54) is 0 Å². The van der Waals surface area contributed by atoms with Gasteiger partial charge in [0.1, 0.15) is 0 Å².